The number of amides is 1. The summed E-state index contributed by atoms with van der Waals surface area (Å²) < 4.78 is 13.8. The highest BCUT2D eigenvalue weighted by atomic mass is 35.5. The maximum atomic E-state index is 13.8. The van der Waals surface area contributed by atoms with Crippen LogP contribution in [0, 0.1) is 5.82 Å². The van der Waals surface area contributed by atoms with Gasteiger partial charge in [0.2, 0.25) is 5.91 Å². The van der Waals surface area contributed by atoms with Crippen molar-refractivity contribution in [1.82, 2.24) is 10.2 Å². The number of halogens is 3. The quantitative estimate of drug-likeness (QED) is 0.875. The number of anilines is 1. The molecule has 2 saturated heterocycles. The Hall–Kier alpha value is -1.04. The van der Waals surface area contributed by atoms with Crippen LogP contribution < -0.4 is 10.2 Å². The number of nitrogens with one attached hydrogen (secondary N) is 1. The van der Waals surface area contributed by atoms with E-state index in [0.29, 0.717) is 44.3 Å². The van der Waals surface area contributed by atoms with Crippen molar-refractivity contribution in [2.45, 2.75) is 31.7 Å². The zero-order chi connectivity index (χ0) is 15.4. The van der Waals surface area contributed by atoms with E-state index in [1.54, 1.807) is 12.1 Å². The highest BCUT2D eigenvalue weighted by Crippen LogP contribution is 2.20. The molecule has 3 rings (SSSR count). The van der Waals surface area contributed by atoms with Crippen LogP contribution in [0.4, 0.5) is 10.1 Å². The summed E-state index contributed by atoms with van der Waals surface area (Å²) in [6, 6.07) is 7.36. The van der Waals surface area contributed by atoms with Crippen LogP contribution in [0.15, 0.2) is 24.3 Å². The van der Waals surface area contributed by atoms with Crippen LogP contribution in [0.1, 0.15) is 25.7 Å². The average Bonchev–Trinajstić information content (AvgIpc) is 3.07. The van der Waals surface area contributed by atoms with Crippen molar-refractivity contribution in [1.29, 1.82) is 0 Å². The van der Waals surface area contributed by atoms with Crippen LogP contribution in [-0.4, -0.2) is 49.6 Å². The molecular formula is C17H26Cl2FN3O. The number of hydrogen-bond acceptors (Lipinski definition) is 3. The number of benzene rings is 1. The minimum atomic E-state index is -0.186. The average molecular weight is 378 g/mol. The SMILES string of the molecule is Cl.Cl.O=C(CCC1CCCN1)N1CCN(c2ccccc2F)CC1. The molecule has 4 nitrogen and oxygen atoms in total. The van der Waals surface area contributed by atoms with Gasteiger partial charge >= 0.3 is 0 Å². The lowest BCUT2D eigenvalue weighted by atomic mass is 10.1. The standard InChI is InChI=1S/C17H24FN3O.2ClH/c18-15-5-1-2-6-16(15)20-10-12-21(13-11-20)17(22)8-7-14-4-3-9-19-14;;/h1-2,5-6,14,19H,3-4,7-13H2;2*1H. The molecule has 2 aliphatic heterocycles. The van der Waals surface area contributed by atoms with E-state index in [0.717, 1.165) is 13.0 Å². The Morgan fingerprint density at radius 2 is 1.88 bits per heavy atom. The van der Waals surface area contributed by atoms with E-state index in [4.69, 9.17) is 0 Å². The summed E-state index contributed by atoms with van der Waals surface area (Å²) in [5.74, 6) is 0.0523. The first-order valence-corrected chi connectivity index (χ1v) is 8.24. The summed E-state index contributed by atoms with van der Waals surface area (Å²) in [6.07, 6.45) is 3.97. The van der Waals surface area contributed by atoms with Crippen molar-refractivity contribution < 1.29 is 9.18 Å². The van der Waals surface area contributed by atoms with Crippen molar-refractivity contribution >= 4 is 36.4 Å². The number of carbonyl (C=O) groups excluding carboxylic acids is 1. The highest BCUT2D eigenvalue weighted by Gasteiger charge is 2.23. The Morgan fingerprint density at radius 1 is 1.17 bits per heavy atom. The predicted molar refractivity (Wildman–Crippen MR) is 99.9 cm³/mol. The van der Waals surface area contributed by atoms with Crippen LogP contribution in [0.5, 0.6) is 0 Å². The molecule has 0 radical (unpaired) electrons. The molecule has 24 heavy (non-hydrogen) atoms. The van der Waals surface area contributed by atoms with Crippen molar-refractivity contribution in [3.8, 4) is 0 Å². The summed E-state index contributed by atoms with van der Waals surface area (Å²) >= 11 is 0. The second-order valence-corrected chi connectivity index (χ2v) is 6.15. The van der Waals surface area contributed by atoms with Crippen molar-refractivity contribution in [2.75, 3.05) is 37.6 Å². The molecule has 136 valence electrons. The van der Waals surface area contributed by atoms with Gasteiger partial charge in [-0.3, -0.25) is 4.79 Å². The van der Waals surface area contributed by atoms with Gasteiger partial charge in [0, 0.05) is 38.6 Å². The molecule has 2 aliphatic rings. The number of hydrogen-bond donors (Lipinski definition) is 1. The van der Waals surface area contributed by atoms with E-state index >= 15 is 0 Å². The number of rotatable bonds is 4. The Labute approximate surface area is 155 Å². The van der Waals surface area contributed by atoms with E-state index < -0.39 is 0 Å². The van der Waals surface area contributed by atoms with Gasteiger partial charge in [-0.2, -0.15) is 0 Å². The first kappa shape index (κ1) is 21.0. The van der Waals surface area contributed by atoms with E-state index in [1.807, 2.05) is 15.9 Å². The van der Waals surface area contributed by atoms with Crippen LogP contribution >= 0.6 is 24.8 Å². The smallest absolute Gasteiger partial charge is 0.222 e. The first-order chi connectivity index (χ1) is 10.7. The number of carbonyl (C=O) groups is 1. The van der Waals surface area contributed by atoms with Crippen LogP contribution in [0.2, 0.25) is 0 Å². The lowest BCUT2D eigenvalue weighted by Crippen LogP contribution is -2.49. The number of piperazine rings is 1. The zero-order valence-corrected chi connectivity index (χ0v) is 15.4. The molecule has 0 aromatic heterocycles. The maximum Gasteiger partial charge on any atom is 0.222 e. The normalized spacial score (nSPS) is 20.3. The van der Waals surface area contributed by atoms with Gasteiger partial charge in [0.1, 0.15) is 5.82 Å². The molecule has 0 saturated carbocycles. The second kappa shape index (κ2) is 10.1. The van der Waals surface area contributed by atoms with E-state index in [-0.39, 0.29) is 36.5 Å². The van der Waals surface area contributed by atoms with Gasteiger partial charge in [-0.1, -0.05) is 12.1 Å². The lowest BCUT2D eigenvalue weighted by Gasteiger charge is -2.36. The second-order valence-electron chi connectivity index (χ2n) is 6.15. The van der Waals surface area contributed by atoms with Crippen LogP contribution in [-0.2, 0) is 4.79 Å². The largest absolute Gasteiger partial charge is 0.366 e. The third-order valence-corrected chi connectivity index (χ3v) is 4.69. The highest BCUT2D eigenvalue weighted by molar-refractivity contribution is 5.85. The van der Waals surface area contributed by atoms with Gasteiger partial charge in [0.15, 0.2) is 0 Å². The molecule has 0 aliphatic carbocycles. The molecule has 2 heterocycles. The molecule has 0 spiro atoms. The molecule has 0 bridgehead atoms. The molecule has 1 N–H and O–H groups in total. The molecular weight excluding hydrogens is 352 g/mol. The number of nitrogens with zero attached hydrogens (tertiary/aromatic N) is 2. The van der Waals surface area contributed by atoms with E-state index in [1.165, 1.54) is 18.9 Å². The van der Waals surface area contributed by atoms with Crippen molar-refractivity contribution in [2.24, 2.45) is 0 Å². The van der Waals surface area contributed by atoms with Crippen molar-refractivity contribution in [3.05, 3.63) is 30.1 Å². The molecule has 1 amide bonds. The van der Waals surface area contributed by atoms with Crippen LogP contribution in [0.25, 0.3) is 0 Å². The predicted octanol–water partition coefficient (Wildman–Crippen LogP) is 2.85. The van der Waals surface area contributed by atoms with Gasteiger partial charge in [0.25, 0.3) is 0 Å². The Balaban J connectivity index is 0.00000144. The van der Waals surface area contributed by atoms with E-state index in [9.17, 15) is 9.18 Å². The molecule has 1 atom stereocenters. The van der Waals surface area contributed by atoms with E-state index in [2.05, 4.69) is 5.32 Å². The van der Waals surface area contributed by atoms with Crippen molar-refractivity contribution in [3.63, 3.8) is 0 Å². The summed E-state index contributed by atoms with van der Waals surface area (Å²) in [5.41, 5.74) is 0.643. The zero-order valence-electron chi connectivity index (χ0n) is 13.7. The van der Waals surface area contributed by atoms with Gasteiger partial charge in [-0.25, -0.2) is 4.39 Å². The van der Waals surface area contributed by atoms with Gasteiger partial charge in [0.05, 0.1) is 5.69 Å². The molecule has 1 aromatic rings. The minimum absolute atomic E-state index is 0. The molecule has 2 fully saturated rings. The monoisotopic (exact) mass is 377 g/mol. The fourth-order valence-electron chi connectivity index (χ4n) is 3.36. The van der Waals surface area contributed by atoms with Gasteiger partial charge < -0.3 is 15.1 Å². The number of para-hydroxylation sites is 1. The fourth-order valence-corrected chi connectivity index (χ4v) is 3.36. The summed E-state index contributed by atoms with van der Waals surface area (Å²) in [6.45, 7) is 3.86. The minimum Gasteiger partial charge on any atom is -0.366 e. The first-order valence-electron chi connectivity index (χ1n) is 8.24. The summed E-state index contributed by atoms with van der Waals surface area (Å²) in [5, 5.41) is 3.43. The Bertz CT molecular complexity index is 518. The van der Waals surface area contributed by atoms with Crippen LogP contribution in [0.3, 0.4) is 0 Å². The summed E-state index contributed by atoms with van der Waals surface area (Å²) in [7, 11) is 0. The third kappa shape index (κ3) is 5.23. The topological polar surface area (TPSA) is 35.6 Å². The lowest BCUT2D eigenvalue weighted by molar-refractivity contribution is -0.131. The molecule has 7 heteroatoms. The summed E-state index contributed by atoms with van der Waals surface area (Å²) in [4.78, 5) is 16.2. The Kier molecular flexibility index (Phi) is 8.81. The fraction of sp³-hybridized carbons (Fsp3) is 0.588. The molecule has 1 aromatic carbocycles. The third-order valence-electron chi connectivity index (χ3n) is 4.69. The molecule has 1 unspecified atom stereocenters. The Morgan fingerprint density at radius 3 is 2.50 bits per heavy atom. The van der Waals surface area contributed by atoms with Gasteiger partial charge in [-0.05, 0) is 37.9 Å². The maximum absolute atomic E-state index is 13.8. The van der Waals surface area contributed by atoms with Gasteiger partial charge in [-0.15, -0.1) is 24.8 Å².